The highest BCUT2D eigenvalue weighted by atomic mass is 35.5. The maximum Gasteiger partial charge on any atom is 0.265 e. The molecular formula is C27H29Cl2N3O4S. The molecule has 37 heavy (non-hydrogen) atoms. The maximum absolute atomic E-state index is 13.5. The van der Waals surface area contributed by atoms with E-state index < -0.39 is 16.1 Å². The molecule has 7 nitrogen and oxygen atoms in total. The standard InChI is InChI=1S/C27H29Cl2N3O4S/c1-3-22(27(34)30-4-2)31(17-19-20(28)11-7-12-21(19)29)25(33)15-8-16-32-23-13-5-9-18-10-6-14-24(26(18)23)37(32,35)36/h5-7,9-14,22H,3-4,8,15-17H2,1-2H3,(H,30,34)/t22-/m0/s1. The molecule has 0 fully saturated rings. The largest absolute Gasteiger partial charge is 0.355 e. The van der Waals surface area contributed by atoms with Crippen LogP contribution in [-0.4, -0.2) is 44.3 Å². The second kappa shape index (κ2) is 11.3. The molecule has 10 heteroatoms. The molecule has 0 bridgehead atoms. The summed E-state index contributed by atoms with van der Waals surface area (Å²) < 4.78 is 27.9. The van der Waals surface area contributed by atoms with Crippen LogP contribution >= 0.6 is 23.2 Å². The normalized spacial score (nSPS) is 14.5. The first kappa shape index (κ1) is 27.2. The summed E-state index contributed by atoms with van der Waals surface area (Å²) in [6, 6.07) is 15.1. The van der Waals surface area contributed by atoms with Crippen molar-refractivity contribution in [3.8, 4) is 0 Å². The average molecular weight is 563 g/mol. The van der Waals surface area contributed by atoms with E-state index in [2.05, 4.69) is 5.32 Å². The van der Waals surface area contributed by atoms with Crippen LogP contribution < -0.4 is 9.62 Å². The van der Waals surface area contributed by atoms with Gasteiger partial charge in [-0.25, -0.2) is 8.42 Å². The van der Waals surface area contributed by atoms with Crippen LogP contribution in [0.5, 0.6) is 0 Å². The highest BCUT2D eigenvalue weighted by Crippen LogP contribution is 2.42. The van der Waals surface area contributed by atoms with Crippen molar-refractivity contribution in [2.45, 2.75) is 50.6 Å². The maximum atomic E-state index is 13.5. The predicted molar refractivity (Wildman–Crippen MR) is 147 cm³/mol. The van der Waals surface area contributed by atoms with Crippen molar-refractivity contribution in [1.29, 1.82) is 0 Å². The number of amides is 2. The lowest BCUT2D eigenvalue weighted by Crippen LogP contribution is -2.49. The molecule has 0 unspecified atom stereocenters. The fraction of sp³-hybridized carbons (Fsp3) is 0.333. The fourth-order valence-corrected chi connectivity index (χ4v) is 7.05. The van der Waals surface area contributed by atoms with Gasteiger partial charge in [0, 0.05) is 47.1 Å². The number of sulfonamides is 1. The summed E-state index contributed by atoms with van der Waals surface area (Å²) >= 11 is 12.8. The number of nitrogens with one attached hydrogen (secondary N) is 1. The minimum atomic E-state index is -3.71. The smallest absolute Gasteiger partial charge is 0.265 e. The predicted octanol–water partition coefficient (Wildman–Crippen LogP) is 5.38. The van der Waals surface area contributed by atoms with Gasteiger partial charge in [-0.3, -0.25) is 13.9 Å². The second-order valence-electron chi connectivity index (χ2n) is 8.85. The van der Waals surface area contributed by atoms with Crippen LogP contribution in [-0.2, 0) is 26.2 Å². The summed E-state index contributed by atoms with van der Waals surface area (Å²) in [5.41, 5.74) is 1.18. The molecule has 0 saturated carbocycles. The van der Waals surface area contributed by atoms with Gasteiger partial charge in [-0.05, 0) is 49.4 Å². The van der Waals surface area contributed by atoms with E-state index in [0.717, 1.165) is 5.39 Å². The molecule has 0 aliphatic carbocycles. The van der Waals surface area contributed by atoms with Crippen LogP contribution in [0.1, 0.15) is 38.7 Å². The molecule has 1 heterocycles. The van der Waals surface area contributed by atoms with E-state index in [-0.39, 0.29) is 42.6 Å². The van der Waals surface area contributed by atoms with E-state index in [4.69, 9.17) is 23.2 Å². The number of halogens is 2. The topological polar surface area (TPSA) is 86.8 Å². The monoisotopic (exact) mass is 561 g/mol. The van der Waals surface area contributed by atoms with Gasteiger partial charge in [0.05, 0.1) is 10.6 Å². The lowest BCUT2D eigenvalue weighted by molar-refractivity contribution is -0.141. The summed E-state index contributed by atoms with van der Waals surface area (Å²) in [6.07, 6.45) is 0.731. The van der Waals surface area contributed by atoms with E-state index in [1.54, 1.807) is 36.4 Å². The fourth-order valence-electron chi connectivity index (χ4n) is 4.78. The van der Waals surface area contributed by atoms with Gasteiger partial charge in [-0.1, -0.05) is 60.5 Å². The average Bonchev–Trinajstić information content (AvgIpc) is 3.09. The number of likely N-dealkylation sites (N-methyl/N-ethyl adjacent to an activating group) is 1. The van der Waals surface area contributed by atoms with Crippen LogP contribution in [0.25, 0.3) is 10.8 Å². The molecule has 196 valence electrons. The Morgan fingerprint density at radius 2 is 1.65 bits per heavy atom. The number of anilines is 1. The third kappa shape index (κ3) is 5.28. The quantitative estimate of drug-likeness (QED) is 0.360. The third-order valence-corrected chi connectivity index (χ3v) is 9.12. The SMILES string of the molecule is CCNC(=O)[C@H](CC)N(Cc1c(Cl)cccc1Cl)C(=O)CCCN1c2cccc3cccc(c23)S1(=O)=O. The van der Waals surface area contributed by atoms with E-state index in [1.807, 2.05) is 32.0 Å². The van der Waals surface area contributed by atoms with Crippen LogP contribution in [0.15, 0.2) is 59.5 Å². The summed E-state index contributed by atoms with van der Waals surface area (Å²) in [5, 5.41) is 5.17. The molecule has 0 saturated heterocycles. The van der Waals surface area contributed by atoms with Crippen molar-refractivity contribution in [1.82, 2.24) is 10.2 Å². The Hall–Kier alpha value is -2.81. The van der Waals surface area contributed by atoms with Gasteiger partial charge in [0.1, 0.15) is 6.04 Å². The van der Waals surface area contributed by atoms with Crippen LogP contribution in [0.4, 0.5) is 5.69 Å². The Labute approximate surface area is 227 Å². The zero-order chi connectivity index (χ0) is 26.7. The lowest BCUT2D eigenvalue weighted by Gasteiger charge is -2.31. The lowest BCUT2D eigenvalue weighted by atomic mass is 10.1. The van der Waals surface area contributed by atoms with Gasteiger partial charge in [0.2, 0.25) is 11.8 Å². The van der Waals surface area contributed by atoms with Gasteiger partial charge in [0.25, 0.3) is 10.0 Å². The first-order valence-electron chi connectivity index (χ1n) is 12.2. The molecule has 2 amide bonds. The first-order valence-corrected chi connectivity index (χ1v) is 14.4. The number of carbonyl (C=O) groups is 2. The highest BCUT2D eigenvalue weighted by molar-refractivity contribution is 7.93. The van der Waals surface area contributed by atoms with Crippen molar-refractivity contribution >= 4 is 61.5 Å². The third-order valence-electron chi connectivity index (χ3n) is 6.56. The minimum Gasteiger partial charge on any atom is -0.355 e. The molecule has 3 aromatic carbocycles. The van der Waals surface area contributed by atoms with Gasteiger partial charge >= 0.3 is 0 Å². The van der Waals surface area contributed by atoms with Crippen molar-refractivity contribution < 1.29 is 18.0 Å². The molecule has 1 aliphatic rings. The van der Waals surface area contributed by atoms with Crippen molar-refractivity contribution in [2.24, 2.45) is 0 Å². The molecule has 3 aromatic rings. The number of hydrogen-bond acceptors (Lipinski definition) is 4. The summed E-state index contributed by atoms with van der Waals surface area (Å²) in [7, 11) is -3.71. The number of hydrogen-bond donors (Lipinski definition) is 1. The summed E-state index contributed by atoms with van der Waals surface area (Å²) in [4.78, 5) is 28.1. The molecule has 0 radical (unpaired) electrons. The van der Waals surface area contributed by atoms with Crippen molar-refractivity contribution in [3.05, 3.63) is 70.2 Å². The molecule has 0 spiro atoms. The second-order valence-corrected chi connectivity index (χ2v) is 11.5. The van der Waals surface area contributed by atoms with E-state index in [0.29, 0.717) is 39.6 Å². The number of carbonyl (C=O) groups excluding carboxylic acids is 2. The van der Waals surface area contributed by atoms with Crippen LogP contribution in [0, 0.1) is 0 Å². The zero-order valence-electron chi connectivity index (χ0n) is 20.7. The molecular weight excluding hydrogens is 533 g/mol. The molecule has 4 rings (SSSR count). The van der Waals surface area contributed by atoms with Gasteiger partial charge < -0.3 is 10.2 Å². The molecule has 1 atom stereocenters. The van der Waals surface area contributed by atoms with Gasteiger partial charge in [0.15, 0.2) is 0 Å². The minimum absolute atomic E-state index is 0.0519. The van der Waals surface area contributed by atoms with Crippen LogP contribution in [0.3, 0.4) is 0 Å². The van der Waals surface area contributed by atoms with Crippen molar-refractivity contribution in [2.75, 3.05) is 17.4 Å². The Morgan fingerprint density at radius 3 is 2.30 bits per heavy atom. The number of nitrogens with zero attached hydrogens (tertiary/aromatic N) is 2. The Kier molecular flexibility index (Phi) is 8.31. The number of rotatable bonds is 10. The molecule has 1 aliphatic heterocycles. The van der Waals surface area contributed by atoms with Gasteiger partial charge in [-0.15, -0.1) is 0 Å². The van der Waals surface area contributed by atoms with E-state index in [9.17, 15) is 18.0 Å². The van der Waals surface area contributed by atoms with Gasteiger partial charge in [-0.2, -0.15) is 0 Å². The zero-order valence-corrected chi connectivity index (χ0v) is 23.0. The Balaban J connectivity index is 1.55. The first-order chi connectivity index (χ1) is 17.7. The van der Waals surface area contributed by atoms with Crippen LogP contribution in [0.2, 0.25) is 10.0 Å². The molecule has 1 N–H and O–H groups in total. The summed E-state index contributed by atoms with van der Waals surface area (Å²) in [6.45, 7) is 4.29. The summed E-state index contributed by atoms with van der Waals surface area (Å²) in [5.74, 6) is -0.535. The van der Waals surface area contributed by atoms with E-state index in [1.165, 1.54) is 9.21 Å². The van der Waals surface area contributed by atoms with E-state index >= 15 is 0 Å². The van der Waals surface area contributed by atoms with Crippen molar-refractivity contribution in [3.63, 3.8) is 0 Å². The highest BCUT2D eigenvalue weighted by Gasteiger charge is 2.35. The number of benzene rings is 3. The Bertz CT molecular complexity index is 1420. The Morgan fingerprint density at radius 1 is 1.00 bits per heavy atom. The molecule has 0 aromatic heterocycles.